The van der Waals surface area contributed by atoms with Gasteiger partial charge in [-0.3, -0.25) is 4.79 Å². The highest BCUT2D eigenvalue weighted by Crippen LogP contribution is 2.27. The van der Waals surface area contributed by atoms with E-state index in [0.717, 1.165) is 6.07 Å². The molecular weight excluding hydrogens is 401 g/mol. The Morgan fingerprint density at radius 3 is 2.76 bits per heavy atom. The van der Waals surface area contributed by atoms with E-state index >= 15 is 0 Å². The molecule has 1 amide bonds. The van der Waals surface area contributed by atoms with Gasteiger partial charge in [0, 0.05) is 11.8 Å². The summed E-state index contributed by atoms with van der Waals surface area (Å²) < 4.78 is 41.8. The number of hydrogen-bond acceptors (Lipinski definition) is 3. The van der Waals surface area contributed by atoms with Gasteiger partial charge in [-0.1, -0.05) is 18.2 Å². The predicted molar refractivity (Wildman–Crippen MR) is 87.9 cm³/mol. The van der Waals surface area contributed by atoms with Crippen LogP contribution in [0.5, 0.6) is 0 Å². The van der Waals surface area contributed by atoms with Crippen molar-refractivity contribution in [1.82, 2.24) is 19.9 Å². The third-order valence-corrected chi connectivity index (χ3v) is 4.28. The summed E-state index contributed by atoms with van der Waals surface area (Å²) in [5.74, 6) is -1.51. The maximum atomic E-state index is 14.2. The average Bonchev–Trinajstić information content (AvgIpc) is 3.03. The Hall–Kier alpha value is -2.42. The summed E-state index contributed by atoms with van der Waals surface area (Å²) in [5.41, 5.74) is 0.111. The van der Waals surface area contributed by atoms with Gasteiger partial charge >= 0.3 is 0 Å². The Morgan fingerprint density at radius 1 is 1.32 bits per heavy atom. The molecule has 0 aliphatic rings. The topological polar surface area (TPSA) is 59.3 Å². The number of halogens is 4. The number of nitrogens with zero attached hydrogens (tertiary/aromatic N) is 3. The molecule has 2 heterocycles. The first kappa shape index (κ1) is 17.4. The summed E-state index contributed by atoms with van der Waals surface area (Å²) in [4.78, 5) is 16.4. The Balaban J connectivity index is 1.86. The number of carbonyl (C=O) groups excluding carboxylic acids is 1. The van der Waals surface area contributed by atoms with Crippen molar-refractivity contribution in [2.45, 2.75) is 19.4 Å². The standard InChI is InChI=1S/C16H12BrF3N4O/c1-8(10-3-2-4-11(13(10)18)14(19)20)23-16(25)9-5-12(17)15-21-7-22-24(15)6-9/h2-8,14H,1H3,(H,23,25)/t8-/m1/s1. The molecule has 2 aromatic heterocycles. The molecule has 0 spiro atoms. The molecule has 3 rings (SSSR count). The molecule has 0 radical (unpaired) electrons. The number of rotatable bonds is 4. The van der Waals surface area contributed by atoms with Crippen molar-refractivity contribution in [3.05, 3.63) is 63.8 Å². The lowest BCUT2D eigenvalue weighted by molar-refractivity contribution is 0.0938. The zero-order valence-corrected chi connectivity index (χ0v) is 14.5. The molecule has 1 atom stereocenters. The van der Waals surface area contributed by atoms with Crippen LogP contribution in [0, 0.1) is 5.82 Å². The lowest BCUT2D eigenvalue weighted by Gasteiger charge is -2.17. The van der Waals surface area contributed by atoms with Crippen LogP contribution in [0.2, 0.25) is 0 Å². The third kappa shape index (κ3) is 3.37. The maximum absolute atomic E-state index is 14.2. The zero-order chi connectivity index (χ0) is 18.1. The number of carbonyl (C=O) groups is 1. The molecule has 0 saturated carbocycles. The van der Waals surface area contributed by atoms with E-state index < -0.39 is 29.8 Å². The van der Waals surface area contributed by atoms with Gasteiger partial charge in [0.05, 0.1) is 21.6 Å². The van der Waals surface area contributed by atoms with Crippen molar-refractivity contribution in [3.8, 4) is 0 Å². The highest BCUT2D eigenvalue weighted by atomic mass is 79.9. The molecule has 3 aromatic rings. The van der Waals surface area contributed by atoms with Crippen molar-refractivity contribution in [2.24, 2.45) is 0 Å². The van der Waals surface area contributed by atoms with Crippen LogP contribution in [0.4, 0.5) is 13.2 Å². The van der Waals surface area contributed by atoms with Gasteiger partial charge in [0.2, 0.25) is 0 Å². The largest absolute Gasteiger partial charge is 0.345 e. The monoisotopic (exact) mass is 412 g/mol. The molecule has 0 aliphatic carbocycles. The zero-order valence-electron chi connectivity index (χ0n) is 12.9. The van der Waals surface area contributed by atoms with E-state index in [4.69, 9.17) is 0 Å². The number of aromatic nitrogens is 3. The summed E-state index contributed by atoms with van der Waals surface area (Å²) in [6.07, 6.45) is -0.106. The van der Waals surface area contributed by atoms with Crippen LogP contribution in [-0.2, 0) is 0 Å². The minimum absolute atomic E-state index is 0.00736. The van der Waals surface area contributed by atoms with Crippen LogP contribution < -0.4 is 5.32 Å². The van der Waals surface area contributed by atoms with Crippen LogP contribution in [0.15, 0.2) is 41.3 Å². The second kappa shape index (κ2) is 6.83. The Morgan fingerprint density at radius 2 is 2.04 bits per heavy atom. The molecule has 0 fully saturated rings. The molecule has 130 valence electrons. The van der Waals surface area contributed by atoms with Crippen molar-refractivity contribution in [3.63, 3.8) is 0 Å². The number of nitrogens with one attached hydrogen (secondary N) is 1. The molecule has 0 saturated heterocycles. The van der Waals surface area contributed by atoms with E-state index in [9.17, 15) is 18.0 Å². The van der Waals surface area contributed by atoms with E-state index in [1.807, 2.05) is 0 Å². The third-order valence-electron chi connectivity index (χ3n) is 3.70. The van der Waals surface area contributed by atoms with E-state index in [1.54, 1.807) is 6.07 Å². The number of alkyl halides is 2. The molecule has 5 nitrogen and oxygen atoms in total. The van der Waals surface area contributed by atoms with Crippen LogP contribution in [0.1, 0.15) is 40.9 Å². The summed E-state index contributed by atoms with van der Waals surface area (Å²) in [6, 6.07) is 4.48. The minimum Gasteiger partial charge on any atom is -0.345 e. The number of pyridine rings is 1. The second-order valence-corrected chi connectivity index (χ2v) is 6.21. The van der Waals surface area contributed by atoms with E-state index in [1.165, 1.54) is 36.1 Å². The molecule has 0 bridgehead atoms. The lowest BCUT2D eigenvalue weighted by Crippen LogP contribution is -2.27. The van der Waals surface area contributed by atoms with Gasteiger partial charge in [-0.15, -0.1) is 0 Å². The molecule has 25 heavy (non-hydrogen) atoms. The van der Waals surface area contributed by atoms with Crippen molar-refractivity contribution in [1.29, 1.82) is 0 Å². The van der Waals surface area contributed by atoms with Gasteiger partial charge in [-0.25, -0.2) is 22.7 Å². The fourth-order valence-corrected chi connectivity index (χ4v) is 2.97. The molecule has 9 heteroatoms. The van der Waals surface area contributed by atoms with E-state index in [2.05, 4.69) is 31.3 Å². The van der Waals surface area contributed by atoms with Gasteiger partial charge in [0.25, 0.3) is 12.3 Å². The fourth-order valence-electron chi connectivity index (χ4n) is 2.44. The minimum atomic E-state index is -2.92. The Labute approximate surface area is 149 Å². The van der Waals surface area contributed by atoms with Gasteiger partial charge in [0.1, 0.15) is 12.1 Å². The van der Waals surface area contributed by atoms with Gasteiger partial charge in [-0.05, 0) is 28.9 Å². The summed E-state index contributed by atoms with van der Waals surface area (Å²) in [6.45, 7) is 1.52. The average molecular weight is 413 g/mol. The highest BCUT2D eigenvalue weighted by Gasteiger charge is 2.21. The lowest BCUT2D eigenvalue weighted by atomic mass is 10.0. The Bertz CT molecular complexity index is 944. The molecular formula is C16H12BrF3N4O. The molecule has 1 N–H and O–H groups in total. The second-order valence-electron chi connectivity index (χ2n) is 5.35. The van der Waals surface area contributed by atoms with Gasteiger partial charge in [0.15, 0.2) is 5.65 Å². The first-order chi connectivity index (χ1) is 11.9. The SMILES string of the molecule is C[C@@H](NC(=O)c1cc(Br)c2ncnn2c1)c1cccc(C(F)F)c1F. The number of hydrogen-bond donors (Lipinski definition) is 1. The number of amides is 1. The quantitative estimate of drug-likeness (QED) is 0.702. The molecule has 1 aromatic carbocycles. The smallest absolute Gasteiger partial charge is 0.266 e. The van der Waals surface area contributed by atoms with Crippen LogP contribution >= 0.6 is 15.9 Å². The predicted octanol–water partition coefficient (Wildman–Crippen LogP) is 4.06. The van der Waals surface area contributed by atoms with Crippen molar-refractivity contribution < 1.29 is 18.0 Å². The molecule has 0 unspecified atom stereocenters. The Kier molecular flexibility index (Phi) is 4.76. The van der Waals surface area contributed by atoms with Gasteiger partial charge in [-0.2, -0.15) is 5.10 Å². The van der Waals surface area contributed by atoms with Crippen molar-refractivity contribution in [2.75, 3.05) is 0 Å². The number of benzene rings is 1. The van der Waals surface area contributed by atoms with E-state index in [0.29, 0.717) is 10.1 Å². The summed E-state index contributed by atoms with van der Waals surface area (Å²) in [7, 11) is 0. The van der Waals surface area contributed by atoms with Crippen LogP contribution in [0.3, 0.4) is 0 Å². The number of fused-ring (bicyclic) bond motifs is 1. The summed E-state index contributed by atoms with van der Waals surface area (Å²) >= 11 is 3.30. The highest BCUT2D eigenvalue weighted by molar-refractivity contribution is 9.10. The normalized spacial score (nSPS) is 12.6. The maximum Gasteiger partial charge on any atom is 0.266 e. The first-order valence-electron chi connectivity index (χ1n) is 7.24. The van der Waals surface area contributed by atoms with Gasteiger partial charge < -0.3 is 5.32 Å². The van der Waals surface area contributed by atoms with Crippen molar-refractivity contribution >= 4 is 27.5 Å². The summed E-state index contributed by atoms with van der Waals surface area (Å²) in [5, 5.41) is 6.55. The van der Waals surface area contributed by atoms with Crippen LogP contribution in [0.25, 0.3) is 5.65 Å². The van der Waals surface area contributed by atoms with E-state index in [-0.39, 0.29) is 11.1 Å². The first-order valence-corrected chi connectivity index (χ1v) is 8.04. The molecule has 0 aliphatic heterocycles. The van der Waals surface area contributed by atoms with Crippen LogP contribution in [-0.4, -0.2) is 20.5 Å². The fraction of sp³-hybridized carbons (Fsp3) is 0.188.